The van der Waals surface area contributed by atoms with Crippen molar-refractivity contribution in [1.29, 1.82) is 0 Å². The molecule has 1 unspecified atom stereocenters. The predicted octanol–water partition coefficient (Wildman–Crippen LogP) is 2.13. The Labute approximate surface area is 110 Å². The maximum absolute atomic E-state index is 11.5. The van der Waals surface area contributed by atoms with Crippen LogP contribution in [0.4, 0.5) is 0 Å². The van der Waals surface area contributed by atoms with Gasteiger partial charge in [0.1, 0.15) is 6.04 Å². The van der Waals surface area contributed by atoms with Gasteiger partial charge in [-0.1, -0.05) is 13.8 Å². The van der Waals surface area contributed by atoms with Gasteiger partial charge in [0.15, 0.2) is 0 Å². The van der Waals surface area contributed by atoms with Crippen molar-refractivity contribution in [3.63, 3.8) is 0 Å². The summed E-state index contributed by atoms with van der Waals surface area (Å²) in [7, 11) is 1.40. The summed E-state index contributed by atoms with van der Waals surface area (Å²) in [5.41, 5.74) is 1.02. The highest BCUT2D eigenvalue weighted by Crippen LogP contribution is 2.10. The van der Waals surface area contributed by atoms with Gasteiger partial charge in [-0.25, -0.2) is 0 Å². The molecule has 0 amide bonds. The molecule has 1 rings (SSSR count). The van der Waals surface area contributed by atoms with Crippen LogP contribution in [-0.2, 0) is 16.1 Å². The van der Waals surface area contributed by atoms with Gasteiger partial charge < -0.3 is 10.1 Å². The second-order valence-electron chi connectivity index (χ2n) is 4.14. The van der Waals surface area contributed by atoms with Gasteiger partial charge >= 0.3 is 5.97 Å². The molecule has 4 nitrogen and oxygen atoms in total. The number of methoxy groups -OCH3 is 1. The molecule has 94 valence electrons. The smallest absolute Gasteiger partial charge is 0.323 e. The molecule has 0 saturated heterocycles. The third-order valence-electron chi connectivity index (χ3n) is 2.41. The summed E-state index contributed by atoms with van der Waals surface area (Å²) in [4.78, 5) is 15.6. The first-order valence-electron chi connectivity index (χ1n) is 5.45. The zero-order valence-corrected chi connectivity index (χ0v) is 11.8. The Bertz CT molecular complexity index is 383. The third-order valence-corrected chi connectivity index (χ3v) is 2.84. The number of nitrogens with one attached hydrogen (secondary N) is 1. The Morgan fingerprint density at radius 2 is 2.24 bits per heavy atom. The van der Waals surface area contributed by atoms with E-state index in [0.29, 0.717) is 6.54 Å². The quantitative estimate of drug-likeness (QED) is 0.847. The number of carbonyl (C=O) groups excluding carboxylic acids is 1. The lowest BCUT2D eigenvalue weighted by molar-refractivity contribution is -0.144. The normalized spacial score (nSPS) is 12.5. The van der Waals surface area contributed by atoms with Crippen LogP contribution in [0.3, 0.4) is 0 Å². The highest BCUT2D eigenvalue weighted by Gasteiger charge is 2.21. The van der Waals surface area contributed by atoms with Gasteiger partial charge in [0.25, 0.3) is 0 Å². The van der Waals surface area contributed by atoms with Crippen LogP contribution in [0.15, 0.2) is 22.9 Å². The predicted molar refractivity (Wildman–Crippen MR) is 69.4 cm³/mol. The number of rotatable bonds is 5. The molecule has 0 aliphatic rings. The largest absolute Gasteiger partial charge is 0.468 e. The molecule has 0 bridgehead atoms. The molecule has 1 aromatic heterocycles. The van der Waals surface area contributed by atoms with Gasteiger partial charge in [0.05, 0.1) is 7.11 Å². The van der Waals surface area contributed by atoms with E-state index in [9.17, 15) is 4.79 Å². The first kappa shape index (κ1) is 14.1. The van der Waals surface area contributed by atoms with E-state index in [4.69, 9.17) is 4.74 Å². The van der Waals surface area contributed by atoms with Gasteiger partial charge in [-0.2, -0.15) is 0 Å². The van der Waals surface area contributed by atoms with Crippen LogP contribution in [0.1, 0.15) is 19.4 Å². The Balaban J connectivity index is 2.61. The molecule has 0 aromatic carbocycles. The summed E-state index contributed by atoms with van der Waals surface area (Å²) in [6.07, 6.45) is 3.50. The molecule has 1 N–H and O–H groups in total. The van der Waals surface area contributed by atoms with E-state index in [1.54, 1.807) is 12.4 Å². The third kappa shape index (κ3) is 4.44. The summed E-state index contributed by atoms with van der Waals surface area (Å²) in [6.45, 7) is 4.55. The molecule has 1 aromatic rings. The fourth-order valence-corrected chi connectivity index (χ4v) is 1.91. The van der Waals surface area contributed by atoms with Gasteiger partial charge in [-0.05, 0) is 33.5 Å². The number of hydrogen-bond acceptors (Lipinski definition) is 4. The molecule has 0 spiro atoms. The highest BCUT2D eigenvalue weighted by molar-refractivity contribution is 9.10. The van der Waals surface area contributed by atoms with Gasteiger partial charge in [0, 0.05) is 23.4 Å². The second-order valence-corrected chi connectivity index (χ2v) is 5.05. The topological polar surface area (TPSA) is 51.2 Å². The summed E-state index contributed by atoms with van der Waals surface area (Å²) in [5, 5.41) is 3.18. The van der Waals surface area contributed by atoms with E-state index < -0.39 is 0 Å². The number of pyridine rings is 1. The Kier molecular flexibility index (Phi) is 5.58. The van der Waals surface area contributed by atoms with Crippen LogP contribution in [0.2, 0.25) is 0 Å². The molecule has 0 saturated carbocycles. The number of nitrogens with zero attached hydrogens (tertiary/aromatic N) is 1. The molecule has 1 atom stereocenters. The summed E-state index contributed by atoms with van der Waals surface area (Å²) in [5.74, 6) is -0.0504. The van der Waals surface area contributed by atoms with E-state index in [-0.39, 0.29) is 17.9 Å². The number of hydrogen-bond donors (Lipinski definition) is 1. The number of carbonyl (C=O) groups is 1. The minimum atomic E-state index is -0.293. The van der Waals surface area contributed by atoms with E-state index in [1.165, 1.54) is 7.11 Å². The van der Waals surface area contributed by atoms with E-state index in [0.717, 1.165) is 10.0 Å². The number of esters is 1. The molecule has 17 heavy (non-hydrogen) atoms. The van der Waals surface area contributed by atoms with Crippen molar-refractivity contribution in [3.05, 3.63) is 28.5 Å². The minimum Gasteiger partial charge on any atom is -0.468 e. The number of halogens is 1. The van der Waals surface area contributed by atoms with E-state index in [2.05, 4.69) is 26.2 Å². The average molecular weight is 301 g/mol. The van der Waals surface area contributed by atoms with Crippen LogP contribution in [-0.4, -0.2) is 24.1 Å². The fraction of sp³-hybridized carbons (Fsp3) is 0.500. The lowest BCUT2D eigenvalue weighted by Gasteiger charge is -2.19. The van der Waals surface area contributed by atoms with E-state index in [1.807, 2.05) is 19.9 Å². The molecular formula is C12H17BrN2O2. The molecule has 0 aliphatic carbocycles. The first-order chi connectivity index (χ1) is 8.04. The minimum absolute atomic E-state index is 0.183. The van der Waals surface area contributed by atoms with Crippen molar-refractivity contribution in [2.24, 2.45) is 5.92 Å². The maximum Gasteiger partial charge on any atom is 0.323 e. The van der Waals surface area contributed by atoms with E-state index >= 15 is 0 Å². The molecule has 0 fully saturated rings. The van der Waals surface area contributed by atoms with Crippen LogP contribution in [0.5, 0.6) is 0 Å². The Hall–Kier alpha value is -0.940. The van der Waals surface area contributed by atoms with Gasteiger partial charge in [-0.3, -0.25) is 9.78 Å². The zero-order chi connectivity index (χ0) is 12.8. The van der Waals surface area contributed by atoms with Crippen molar-refractivity contribution in [1.82, 2.24) is 10.3 Å². The molecule has 5 heteroatoms. The zero-order valence-electron chi connectivity index (χ0n) is 10.2. The lowest BCUT2D eigenvalue weighted by atomic mass is 10.0. The van der Waals surface area contributed by atoms with Crippen molar-refractivity contribution in [2.75, 3.05) is 7.11 Å². The Morgan fingerprint density at radius 1 is 1.53 bits per heavy atom. The molecule has 0 radical (unpaired) electrons. The Morgan fingerprint density at radius 3 is 2.76 bits per heavy atom. The average Bonchev–Trinajstić information content (AvgIpc) is 2.28. The number of aromatic nitrogens is 1. The van der Waals surface area contributed by atoms with Crippen LogP contribution in [0.25, 0.3) is 0 Å². The molecular weight excluding hydrogens is 284 g/mol. The van der Waals surface area contributed by atoms with Crippen LogP contribution in [0, 0.1) is 5.92 Å². The summed E-state index contributed by atoms with van der Waals surface area (Å²) in [6, 6.07) is 1.67. The van der Waals surface area contributed by atoms with Gasteiger partial charge in [0.2, 0.25) is 0 Å². The summed E-state index contributed by atoms with van der Waals surface area (Å²) < 4.78 is 5.69. The van der Waals surface area contributed by atoms with Crippen molar-refractivity contribution in [3.8, 4) is 0 Å². The van der Waals surface area contributed by atoms with Crippen LogP contribution < -0.4 is 5.32 Å². The SMILES string of the molecule is COC(=O)C(NCc1cncc(Br)c1)C(C)C. The lowest BCUT2D eigenvalue weighted by Crippen LogP contribution is -2.41. The fourth-order valence-electron chi connectivity index (χ4n) is 1.50. The van der Waals surface area contributed by atoms with Crippen molar-refractivity contribution in [2.45, 2.75) is 26.4 Å². The van der Waals surface area contributed by atoms with Crippen molar-refractivity contribution >= 4 is 21.9 Å². The van der Waals surface area contributed by atoms with Gasteiger partial charge in [-0.15, -0.1) is 0 Å². The molecule has 0 aliphatic heterocycles. The molecule has 1 heterocycles. The second kappa shape index (κ2) is 6.71. The standard InChI is InChI=1S/C12H17BrN2O2/c1-8(2)11(12(16)17-3)15-6-9-4-10(13)7-14-5-9/h4-5,7-8,11,15H,6H2,1-3H3. The first-order valence-corrected chi connectivity index (χ1v) is 6.24. The van der Waals surface area contributed by atoms with Crippen molar-refractivity contribution < 1.29 is 9.53 Å². The van der Waals surface area contributed by atoms with Crippen LogP contribution >= 0.6 is 15.9 Å². The highest BCUT2D eigenvalue weighted by atomic mass is 79.9. The monoisotopic (exact) mass is 300 g/mol. The summed E-state index contributed by atoms with van der Waals surface area (Å²) >= 11 is 3.36. The maximum atomic E-state index is 11.5. The number of ether oxygens (including phenoxy) is 1.